The van der Waals surface area contributed by atoms with Crippen molar-refractivity contribution in [3.63, 3.8) is 0 Å². The molecular formula is C11H11NOS. The van der Waals surface area contributed by atoms with Gasteiger partial charge in [-0.05, 0) is 35.6 Å². The maximum Gasteiger partial charge on any atom is 0.219 e. The van der Waals surface area contributed by atoms with Crippen molar-refractivity contribution < 1.29 is 4.79 Å². The van der Waals surface area contributed by atoms with Crippen molar-refractivity contribution in [2.24, 2.45) is 0 Å². The van der Waals surface area contributed by atoms with E-state index >= 15 is 0 Å². The summed E-state index contributed by atoms with van der Waals surface area (Å²) in [5.41, 5.74) is 1.80. The Morgan fingerprint density at radius 1 is 1.50 bits per heavy atom. The summed E-state index contributed by atoms with van der Waals surface area (Å²) < 4.78 is 0. The van der Waals surface area contributed by atoms with Gasteiger partial charge in [0, 0.05) is 6.20 Å². The smallest absolute Gasteiger partial charge is 0.219 e. The summed E-state index contributed by atoms with van der Waals surface area (Å²) in [7, 11) is 0. The third-order valence-corrected chi connectivity index (χ3v) is 3.13. The van der Waals surface area contributed by atoms with E-state index in [9.17, 15) is 4.79 Å². The van der Waals surface area contributed by atoms with E-state index in [1.165, 1.54) is 11.3 Å². The Bertz CT molecular complexity index is 428. The molecule has 0 radical (unpaired) electrons. The van der Waals surface area contributed by atoms with Gasteiger partial charge in [0.2, 0.25) is 5.78 Å². The molecule has 0 amide bonds. The lowest BCUT2D eigenvalue weighted by atomic mass is 10.1. The SMILES string of the molecule is CCc1ccsc1C(=O)c1ccc[nH]1. The summed E-state index contributed by atoms with van der Waals surface area (Å²) in [5.74, 6) is 0.0989. The highest BCUT2D eigenvalue weighted by Gasteiger charge is 2.14. The van der Waals surface area contributed by atoms with Gasteiger partial charge in [0.1, 0.15) is 0 Å². The quantitative estimate of drug-likeness (QED) is 0.768. The minimum atomic E-state index is 0.0989. The predicted octanol–water partition coefficient (Wildman–Crippen LogP) is 2.87. The number of ketones is 1. The van der Waals surface area contributed by atoms with Gasteiger partial charge in [-0.1, -0.05) is 6.92 Å². The van der Waals surface area contributed by atoms with Gasteiger partial charge in [0.05, 0.1) is 10.6 Å². The highest BCUT2D eigenvalue weighted by atomic mass is 32.1. The van der Waals surface area contributed by atoms with Crippen molar-refractivity contribution in [1.29, 1.82) is 0 Å². The van der Waals surface area contributed by atoms with Gasteiger partial charge < -0.3 is 4.98 Å². The third kappa shape index (κ3) is 1.51. The molecule has 0 bridgehead atoms. The molecule has 2 rings (SSSR count). The summed E-state index contributed by atoms with van der Waals surface area (Å²) in [6, 6.07) is 5.66. The average Bonchev–Trinajstić information content (AvgIpc) is 2.87. The first kappa shape index (κ1) is 9.21. The molecule has 0 atom stereocenters. The largest absolute Gasteiger partial charge is 0.358 e. The van der Waals surface area contributed by atoms with E-state index in [1.54, 1.807) is 6.20 Å². The van der Waals surface area contributed by atoms with Gasteiger partial charge in [0.15, 0.2) is 0 Å². The standard InChI is InChI=1S/C11H11NOS/c1-2-8-5-7-14-11(8)10(13)9-4-3-6-12-9/h3-7,12H,2H2,1H3. The molecule has 0 aliphatic heterocycles. The zero-order chi connectivity index (χ0) is 9.97. The molecule has 0 fully saturated rings. The number of H-pyrrole nitrogens is 1. The Morgan fingerprint density at radius 3 is 3.00 bits per heavy atom. The van der Waals surface area contributed by atoms with Crippen molar-refractivity contribution in [2.75, 3.05) is 0 Å². The number of aromatic amines is 1. The van der Waals surface area contributed by atoms with Crippen molar-refractivity contribution >= 4 is 17.1 Å². The van der Waals surface area contributed by atoms with E-state index in [2.05, 4.69) is 11.9 Å². The van der Waals surface area contributed by atoms with Crippen LogP contribution in [0.15, 0.2) is 29.8 Å². The van der Waals surface area contributed by atoms with Gasteiger partial charge in [-0.15, -0.1) is 11.3 Å². The minimum Gasteiger partial charge on any atom is -0.358 e. The van der Waals surface area contributed by atoms with E-state index in [-0.39, 0.29) is 5.78 Å². The molecule has 0 saturated carbocycles. The maximum absolute atomic E-state index is 11.9. The molecule has 0 spiro atoms. The fraction of sp³-hybridized carbons (Fsp3) is 0.182. The van der Waals surface area contributed by atoms with E-state index in [0.717, 1.165) is 16.9 Å². The van der Waals surface area contributed by atoms with Crippen LogP contribution in [0.5, 0.6) is 0 Å². The van der Waals surface area contributed by atoms with Crippen LogP contribution in [0, 0.1) is 0 Å². The van der Waals surface area contributed by atoms with Gasteiger partial charge in [-0.25, -0.2) is 0 Å². The molecule has 0 saturated heterocycles. The monoisotopic (exact) mass is 205 g/mol. The second-order valence-corrected chi connectivity index (χ2v) is 3.96. The molecule has 0 aliphatic rings. The lowest BCUT2D eigenvalue weighted by molar-refractivity contribution is 0.103. The first-order valence-electron chi connectivity index (χ1n) is 4.57. The molecule has 0 unspecified atom stereocenters. The summed E-state index contributed by atoms with van der Waals surface area (Å²) >= 11 is 1.51. The first-order chi connectivity index (χ1) is 6.83. The zero-order valence-electron chi connectivity index (χ0n) is 7.91. The summed E-state index contributed by atoms with van der Waals surface area (Å²) in [4.78, 5) is 15.7. The van der Waals surface area contributed by atoms with Crippen molar-refractivity contribution in [1.82, 2.24) is 4.98 Å². The topological polar surface area (TPSA) is 32.9 Å². The van der Waals surface area contributed by atoms with Gasteiger partial charge in [-0.2, -0.15) is 0 Å². The number of nitrogens with one attached hydrogen (secondary N) is 1. The summed E-state index contributed by atoms with van der Waals surface area (Å²) in [6.45, 7) is 2.06. The highest BCUT2D eigenvalue weighted by molar-refractivity contribution is 7.12. The normalized spacial score (nSPS) is 10.4. The Kier molecular flexibility index (Phi) is 2.50. The van der Waals surface area contributed by atoms with Crippen molar-refractivity contribution in [2.45, 2.75) is 13.3 Å². The first-order valence-corrected chi connectivity index (χ1v) is 5.45. The molecule has 2 aromatic heterocycles. The van der Waals surface area contributed by atoms with Gasteiger partial charge in [0.25, 0.3) is 0 Å². The van der Waals surface area contributed by atoms with Crippen LogP contribution in [-0.2, 0) is 6.42 Å². The number of hydrogen-bond acceptors (Lipinski definition) is 2. The van der Waals surface area contributed by atoms with Crippen molar-refractivity contribution in [3.8, 4) is 0 Å². The van der Waals surface area contributed by atoms with Gasteiger partial charge >= 0.3 is 0 Å². The van der Waals surface area contributed by atoms with E-state index in [0.29, 0.717) is 5.69 Å². The number of aromatic nitrogens is 1. The Labute approximate surface area is 86.6 Å². The summed E-state index contributed by atoms with van der Waals surface area (Å²) in [5, 5.41) is 1.97. The van der Waals surface area contributed by atoms with Crippen LogP contribution in [0.2, 0.25) is 0 Å². The fourth-order valence-corrected chi connectivity index (χ4v) is 2.36. The molecule has 2 nitrogen and oxygen atoms in total. The van der Waals surface area contributed by atoms with Crippen molar-refractivity contribution in [3.05, 3.63) is 45.9 Å². The maximum atomic E-state index is 11.9. The molecule has 0 aromatic carbocycles. The zero-order valence-corrected chi connectivity index (χ0v) is 8.73. The molecule has 2 heterocycles. The number of carbonyl (C=O) groups is 1. The number of thiophene rings is 1. The van der Waals surface area contributed by atoms with E-state index in [4.69, 9.17) is 0 Å². The van der Waals surface area contributed by atoms with Crippen LogP contribution in [0.3, 0.4) is 0 Å². The molecule has 72 valence electrons. The van der Waals surface area contributed by atoms with Crippen LogP contribution in [-0.4, -0.2) is 10.8 Å². The molecule has 0 aliphatic carbocycles. The second-order valence-electron chi connectivity index (χ2n) is 3.04. The lowest BCUT2D eigenvalue weighted by Crippen LogP contribution is -2.01. The van der Waals surface area contributed by atoms with E-state index in [1.807, 2.05) is 23.6 Å². The number of carbonyl (C=O) groups excluding carboxylic acids is 1. The third-order valence-electron chi connectivity index (χ3n) is 2.18. The molecular weight excluding hydrogens is 194 g/mol. The minimum absolute atomic E-state index is 0.0989. The number of aryl methyl sites for hydroxylation is 1. The second kappa shape index (κ2) is 3.80. The van der Waals surface area contributed by atoms with Gasteiger partial charge in [-0.3, -0.25) is 4.79 Å². The average molecular weight is 205 g/mol. The molecule has 3 heteroatoms. The number of hydrogen-bond donors (Lipinski definition) is 1. The molecule has 14 heavy (non-hydrogen) atoms. The fourth-order valence-electron chi connectivity index (χ4n) is 1.41. The van der Waals surface area contributed by atoms with Crippen LogP contribution in [0.25, 0.3) is 0 Å². The highest BCUT2D eigenvalue weighted by Crippen LogP contribution is 2.20. The number of rotatable bonds is 3. The molecule has 1 N–H and O–H groups in total. The predicted molar refractivity (Wildman–Crippen MR) is 57.9 cm³/mol. The van der Waals surface area contributed by atoms with Crippen LogP contribution < -0.4 is 0 Å². The van der Waals surface area contributed by atoms with E-state index < -0.39 is 0 Å². The lowest BCUT2D eigenvalue weighted by Gasteiger charge is -1.97. The Hall–Kier alpha value is -1.35. The summed E-state index contributed by atoms with van der Waals surface area (Å²) in [6.07, 6.45) is 2.68. The van der Waals surface area contributed by atoms with Crippen LogP contribution in [0.4, 0.5) is 0 Å². The molecule has 2 aromatic rings. The van der Waals surface area contributed by atoms with Crippen LogP contribution >= 0.6 is 11.3 Å². The van der Waals surface area contributed by atoms with Crippen LogP contribution in [0.1, 0.15) is 27.9 Å². The Balaban J connectivity index is 2.36. The Morgan fingerprint density at radius 2 is 2.36 bits per heavy atom.